The van der Waals surface area contributed by atoms with Crippen molar-refractivity contribution in [2.45, 2.75) is 20.3 Å². The molecule has 1 rings (SSSR count). The van der Waals surface area contributed by atoms with Gasteiger partial charge in [-0.25, -0.2) is 0 Å². The highest BCUT2D eigenvalue weighted by molar-refractivity contribution is 7.19. The van der Waals surface area contributed by atoms with Crippen LogP contribution in [0.4, 0.5) is 5.00 Å². The first-order chi connectivity index (χ1) is 6.94. The smallest absolute Gasteiger partial charge is 0.0950 e. The summed E-state index contributed by atoms with van der Waals surface area (Å²) in [5.74, 6) is 0. The molecule has 0 aliphatic heterocycles. The number of rotatable bonds is 5. The van der Waals surface area contributed by atoms with Gasteiger partial charge in [-0.15, -0.1) is 11.3 Å². The number of hydrogen-bond acceptors (Lipinski definition) is 3. The summed E-state index contributed by atoms with van der Waals surface area (Å²) < 4.78 is 0.841. The van der Waals surface area contributed by atoms with Crippen molar-refractivity contribution in [3.05, 3.63) is 16.5 Å². The van der Waals surface area contributed by atoms with Gasteiger partial charge in [0.2, 0.25) is 0 Å². The van der Waals surface area contributed by atoms with Gasteiger partial charge in [-0.05, 0) is 30.5 Å². The maximum atomic E-state index is 5.91. The Kier molecular flexibility index (Phi) is 4.44. The first-order valence-corrected chi connectivity index (χ1v) is 6.30. The molecule has 4 heteroatoms. The Morgan fingerprint density at radius 1 is 1.47 bits per heavy atom. The topological polar surface area (TPSA) is 29.3 Å². The molecule has 0 aliphatic carbocycles. The van der Waals surface area contributed by atoms with Crippen molar-refractivity contribution in [2.75, 3.05) is 25.0 Å². The molecule has 0 unspecified atom stereocenters. The lowest BCUT2D eigenvalue weighted by Gasteiger charge is -2.30. The van der Waals surface area contributed by atoms with E-state index in [-0.39, 0.29) is 5.41 Å². The Bertz CT molecular complexity index is 309. The summed E-state index contributed by atoms with van der Waals surface area (Å²) in [4.78, 5) is 2.24. The Morgan fingerprint density at radius 3 is 2.60 bits per heavy atom. The molecule has 0 fully saturated rings. The lowest BCUT2D eigenvalue weighted by atomic mass is 9.89. The van der Waals surface area contributed by atoms with Crippen LogP contribution in [0.3, 0.4) is 0 Å². The standard InChI is InChI=1S/C11H19ClN2S/c1-11(2,6-7-13)8-14(3)10-5-4-9(12)15-10/h4-5H,6-8,13H2,1-3H3. The van der Waals surface area contributed by atoms with Crippen LogP contribution < -0.4 is 10.6 Å². The van der Waals surface area contributed by atoms with Crippen molar-refractivity contribution in [3.63, 3.8) is 0 Å². The lowest BCUT2D eigenvalue weighted by Crippen LogP contribution is -2.32. The third-order valence-electron chi connectivity index (χ3n) is 2.42. The molecule has 0 aliphatic rings. The van der Waals surface area contributed by atoms with Crippen LogP contribution in [-0.2, 0) is 0 Å². The van der Waals surface area contributed by atoms with Gasteiger partial charge >= 0.3 is 0 Å². The average Bonchev–Trinajstić information content (AvgIpc) is 2.50. The molecule has 0 atom stereocenters. The molecule has 0 saturated carbocycles. The molecule has 1 aromatic rings. The summed E-state index contributed by atoms with van der Waals surface area (Å²) in [5.41, 5.74) is 5.85. The molecule has 2 N–H and O–H groups in total. The predicted molar refractivity (Wildman–Crippen MR) is 70.1 cm³/mol. The van der Waals surface area contributed by atoms with Gasteiger partial charge in [-0.3, -0.25) is 0 Å². The van der Waals surface area contributed by atoms with Gasteiger partial charge in [0, 0.05) is 13.6 Å². The second kappa shape index (κ2) is 5.19. The molecule has 0 saturated heterocycles. The van der Waals surface area contributed by atoms with Gasteiger partial charge in [0.25, 0.3) is 0 Å². The van der Waals surface area contributed by atoms with Crippen molar-refractivity contribution < 1.29 is 0 Å². The third-order valence-corrected chi connectivity index (χ3v) is 3.77. The number of halogens is 1. The Morgan fingerprint density at radius 2 is 2.13 bits per heavy atom. The Balaban J connectivity index is 2.59. The molecule has 0 radical (unpaired) electrons. The van der Waals surface area contributed by atoms with Crippen LogP contribution >= 0.6 is 22.9 Å². The highest BCUT2D eigenvalue weighted by atomic mass is 35.5. The zero-order valence-corrected chi connectivity index (χ0v) is 11.2. The molecule has 0 aromatic carbocycles. The second-order valence-electron chi connectivity index (χ2n) is 4.64. The molecule has 1 aromatic heterocycles. The van der Waals surface area contributed by atoms with Crippen LogP contribution in [0.5, 0.6) is 0 Å². The molecular formula is C11H19ClN2S. The third kappa shape index (κ3) is 4.01. The predicted octanol–water partition coefficient (Wildman–Crippen LogP) is 3.21. The van der Waals surface area contributed by atoms with Gasteiger partial charge < -0.3 is 10.6 Å². The van der Waals surface area contributed by atoms with Crippen LogP contribution in [0.15, 0.2) is 12.1 Å². The molecular weight excluding hydrogens is 228 g/mol. The number of hydrogen-bond donors (Lipinski definition) is 1. The van der Waals surface area contributed by atoms with Crippen molar-refractivity contribution in [1.29, 1.82) is 0 Å². The highest BCUT2D eigenvalue weighted by Crippen LogP contribution is 2.31. The van der Waals surface area contributed by atoms with Gasteiger partial charge in [0.1, 0.15) is 0 Å². The summed E-state index contributed by atoms with van der Waals surface area (Å²) in [6.07, 6.45) is 1.04. The maximum Gasteiger partial charge on any atom is 0.0950 e. The van der Waals surface area contributed by atoms with E-state index in [4.69, 9.17) is 17.3 Å². The lowest BCUT2D eigenvalue weighted by molar-refractivity contribution is 0.348. The van der Waals surface area contributed by atoms with Crippen LogP contribution in [0.2, 0.25) is 4.34 Å². The average molecular weight is 247 g/mol. The van der Waals surface area contributed by atoms with Crippen LogP contribution in [0, 0.1) is 5.41 Å². The molecule has 15 heavy (non-hydrogen) atoms. The summed E-state index contributed by atoms with van der Waals surface area (Å²) in [5, 5.41) is 1.21. The van der Waals surface area contributed by atoms with E-state index >= 15 is 0 Å². The van der Waals surface area contributed by atoms with E-state index in [1.54, 1.807) is 11.3 Å². The number of nitrogens with two attached hydrogens (primary N) is 1. The van der Waals surface area contributed by atoms with Crippen LogP contribution in [0.1, 0.15) is 20.3 Å². The Labute approximate surface area is 101 Å². The molecule has 2 nitrogen and oxygen atoms in total. The quantitative estimate of drug-likeness (QED) is 0.865. The minimum Gasteiger partial charge on any atom is -0.366 e. The van der Waals surface area contributed by atoms with Crippen molar-refractivity contribution >= 4 is 27.9 Å². The highest BCUT2D eigenvalue weighted by Gasteiger charge is 2.19. The molecule has 0 bridgehead atoms. The van der Waals surface area contributed by atoms with E-state index in [2.05, 4.69) is 31.9 Å². The summed E-state index contributed by atoms with van der Waals surface area (Å²) >= 11 is 7.52. The van der Waals surface area contributed by atoms with Crippen molar-refractivity contribution in [2.24, 2.45) is 11.1 Å². The molecule has 86 valence electrons. The SMILES string of the molecule is CN(CC(C)(C)CCN)c1ccc(Cl)s1. The first-order valence-electron chi connectivity index (χ1n) is 5.11. The number of anilines is 1. The van der Waals surface area contributed by atoms with E-state index in [0.717, 1.165) is 23.8 Å². The number of thiophene rings is 1. The van der Waals surface area contributed by atoms with Gasteiger partial charge in [-0.2, -0.15) is 0 Å². The van der Waals surface area contributed by atoms with Gasteiger partial charge in [0.05, 0.1) is 9.34 Å². The van der Waals surface area contributed by atoms with E-state index in [0.29, 0.717) is 0 Å². The van der Waals surface area contributed by atoms with E-state index in [9.17, 15) is 0 Å². The fourth-order valence-electron chi connectivity index (χ4n) is 1.70. The van der Waals surface area contributed by atoms with Crippen LogP contribution in [-0.4, -0.2) is 20.1 Å². The minimum atomic E-state index is 0.250. The molecule has 0 amide bonds. The fraction of sp³-hybridized carbons (Fsp3) is 0.636. The van der Waals surface area contributed by atoms with E-state index < -0.39 is 0 Å². The van der Waals surface area contributed by atoms with Crippen molar-refractivity contribution in [1.82, 2.24) is 0 Å². The fourth-order valence-corrected chi connectivity index (χ4v) is 2.69. The Hall–Kier alpha value is -0.250. The van der Waals surface area contributed by atoms with Crippen LogP contribution in [0.25, 0.3) is 0 Å². The van der Waals surface area contributed by atoms with E-state index in [1.807, 2.05) is 6.07 Å². The molecule has 0 spiro atoms. The zero-order chi connectivity index (χ0) is 11.5. The first kappa shape index (κ1) is 12.8. The summed E-state index contributed by atoms with van der Waals surface area (Å²) in [7, 11) is 2.10. The normalized spacial score (nSPS) is 11.8. The maximum absolute atomic E-state index is 5.91. The van der Waals surface area contributed by atoms with E-state index in [1.165, 1.54) is 5.00 Å². The summed E-state index contributed by atoms with van der Waals surface area (Å²) in [6.45, 7) is 6.23. The second-order valence-corrected chi connectivity index (χ2v) is 6.33. The zero-order valence-electron chi connectivity index (χ0n) is 9.59. The minimum absolute atomic E-state index is 0.250. The van der Waals surface area contributed by atoms with Gasteiger partial charge in [-0.1, -0.05) is 25.4 Å². The largest absolute Gasteiger partial charge is 0.366 e. The number of nitrogens with zero attached hydrogens (tertiary/aromatic N) is 1. The van der Waals surface area contributed by atoms with Gasteiger partial charge in [0.15, 0.2) is 0 Å². The summed E-state index contributed by atoms with van der Waals surface area (Å²) in [6, 6.07) is 4.00. The van der Waals surface area contributed by atoms with Crippen molar-refractivity contribution in [3.8, 4) is 0 Å². The monoisotopic (exact) mass is 246 g/mol. The molecule has 1 heterocycles.